The molecule has 2 rings (SSSR count). The minimum absolute atomic E-state index is 0.00455. The zero-order chi connectivity index (χ0) is 15.4. The van der Waals surface area contributed by atoms with E-state index in [1.165, 1.54) is 6.07 Å². The number of carbonyl (C=O) groups excluding carboxylic acids is 2. The molecular weight excluding hydrogens is 406 g/mol. The van der Waals surface area contributed by atoms with Crippen LogP contribution >= 0.6 is 31.9 Å². The van der Waals surface area contributed by atoms with Gasteiger partial charge >= 0.3 is 5.97 Å². The van der Waals surface area contributed by atoms with Gasteiger partial charge in [-0.1, -0.05) is 28.8 Å². The van der Waals surface area contributed by atoms with Crippen molar-refractivity contribution >= 4 is 43.7 Å². The van der Waals surface area contributed by atoms with Crippen molar-refractivity contribution in [3.05, 3.63) is 26.6 Å². The average molecular weight is 421 g/mol. The van der Waals surface area contributed by atoms with Crippen LogP contribution in [0.1, 0.15) is 36.0 Å². The molecule has 0 unspecified atom stereocenters. The topological polar surface area (TPSA) is 75.6 Å². The summed E-state index contributed by atoms with van der Waals surface area (Å²) < 4.78 is 5.93. The van der Waals surface area contributed by atoms with E-state index in [0.717, 1.165) is 25.7 Å². The van der Waals surface area contributed by atoms with Crippen LogP contribution < -0.4 is 5.32 Å². The zero-order valence-corrected chi connectivity index (χ0v) is 14.4. The van der Waals surface area contributed by atoms with E-state index in [9.17, 15) is 14.7 Å². The lowest BCUT2D eigenvalue weighted by atomic mass is 10.2. The first-order valence-corrected chi connectivity index (χ1v) is 8.20. The molecule has 1 saturated carbocycles. The lowest BCUT2D eigenvalue weighted by Crippen LogP contribution is -2.35. The zero-order valence-electron chi connectivity index (χ0n) is 11.2. The molecule has 0 radical (unpaired) electrons. The summed E-state index contributed by atoms with van der Waals surface area (Å²) in [5.74, 6) is -1.26. The van der Waals surface area contributed by atoms with Crippen molar-refractivity contribution < 1.29 is 19.4 Å². The first-order chi connectivity index (χ1) is 9.97. The highest BCUT2D eigenvalue weighted by molar-refractivity contribution is 9.11. The number of nitrogens with one attached hydrogen (secondary N) is 1. The average Bonchev–Trinajstić information content (AvgIpc) is 2.93. The van der Waals surface area contributed by atoms with E-state index in [0.29, 0.717) is 8.95 Å². The van der Waals surface area contributed by atoms with Gasteiger partial charge in [-0.05, 0) is 40.9 Å². The van der Waals surface area contributed by atoms with E-state index in [1.807, 2.05) is 0 Å². The first kappa shape index (κ1) is 16.3. The van der Waals surface area contributed by atoms with Crippen molar-refractivity contribution in [2.75, 3.05) is 6.61 Å². The van der Waals surface area contributed by atoms with Crippen LogP contribution in [-0.2, 0) is 9.53 Å². The van der Waals surface area contributed by atoms with Crippen molar-refractivity contribution in [3.8, 4) is 5.75 Å². The fraction of sp³-hybridized carbons (Fsp3) is 0.429. The Morgan fingerprint density at radius 3 is 2.62 bits per heavy atom. The molecule has 0 bridgehead atoms. The Hall–Kier alpha value is -1.08. The second-order valence-electron chi connectivity index (χ2n) is 4.91. The second-order valence-corrected chi connectivity index (χ2v) is 6.68. The molecule has 1 aromatic carbocycles. The van der Waals surface area contributed by atoms with Gasteiger partial charge in [0.25, 0.3) is 5.91 Å². The van der Waals surface area contributed by atoms with Gasteiger partial charge in [0.2, 0.25) is 0 Å². The molecule has 21 heavy (non-hydrogen) atoms. The van der Waals surface area contributed by atoms with Crippen LogP contribution in [0, 0.1) is 0 Å². The molecule has 0 aromatic heterocycles. The van der Waals surface area contributed by atoms with Gasteiger partial charge in [0.1, 0.15) is 11.3 Å². The second kappa shape index (κ2) is 7.26. The molecule has 7 heteroatoms. The third-order valence-corrected chi connectivity index (χ3v) is 4.37. The van der Waals surface area contributed by atoms with Gasteiger partial charge in [0.15, 0.2) is 6.61 Å². The maximum absolute atomic E-state index is 11.9. The number of rotatable bonds is 4. The van der Waals surface area contributed by atoms with E-state index < -0.39 is 5.97 Å². The first-order valence-electron chi connectivity index (χ1n) is 6.62. The van der Waals surface area contributed by atoms with E-state index in [1.54, 1.807) is 6.07 Å². The number of benzene rings is 1. The van der Waals surface area contributed by atoms with Crippen LogP contribution in [0.3, 0.4) is 0 Å². The number of phenolic OH excluding ortho intramolecular Hbond substituents is 1. The Kier molecular flexibility index (Phi) is 5.64. The Morgan fingerprint density at radius 1 is 1.29 bits per heavy atom. The lowest BCUT2D eigenvalue weighted by molar-refractivity contribution is -0.124. The Bertz CT molecular complexity index is 556. The maximum atomic E-state index is 11.9. The number of aromatic hydroxyl groups is 1. The number of esters is 1. The summed E-state index contributed by atoms with van der Waals surface area (Å²) in [7, 11) is 0. The summed E-state index contributed by atoms with van der Waals surface area (Å²) in [5, 5.41) is 12.6. The van der Waals surface area contributed by atoms with Crippen molar-refractivity contribution in [1.82, 2.24) is 5.32 Å². The number of hydrogen-bond acceptors (Lipinski definition) is 4. The van der Waals surface area contributed by atoms with E-state index in [4.69, 9.17) is 4.74 Å². The number of amides is 1. The van der Waals surface area contributed by atoms with Gasteiger partial charge in [-0.25, -0.2) is 4.79 Å². The molecule has 1 fully saturated rings. The molecule has 1 amide bonds. The number of hydrogen-bond donors (Lipinski definition) is 2. The highest BCUT2D eigenvalue weighted by atomic mass is 79.9. The summed E-state index contributed by atoms with van der Waals surface area (Å²) in [5.41, 5.74) is 0.00455. The molecular formula is C14H15Br2NO4. The monoisotopic (exact) mass is 419 g/mol. The SMILES string of the molecule is O=C(COC(=O)c1cc(Br)cc(Br)c1O)NC1CCCC1. The number of phenols is 1. The van der Waals surface area contributed by atoms with Crippen molar-refractivity contribution in [2.24, 2.45) is 0 Å². The van der Waals surface area contributed by atoms with Crippen LogP contribution in [-0.4, -0.2) is 29.6 Å². The quantitative estimate of drug-likeness (QED) is 0.733. The smallest absolute Gasteiger partial charge is 0.342 e. The van der Waals surface area contributed by atoms with Gasteiger partial charge in [-0.15, -0.1) is 0 Å². The van der Waals surface area contributed by atoms with Crippen molar-refractivity contribution in [3.63, 3.8) is 0 Å². The van der Waals surface area contributed by atoms with Gasteiger partial charge in [0.05, 0.1) is 4.47 Å². The molecule has 0 heterocycles. The minimum atomic E-state index is -0.740. The Labute approximate surface area is 139 Å². The summed E-state index contributed by atoms with van der Waals surface area (Å²) in [6.07, 6.45) is 4.17. The van der Waals surface area contributed by atoms with Crippen LogP contribution in [0.25, 0.3) is 0 Å². The predicted octanol–water partition coefficient (Wildman–Crippen LogP) is 3.13. The third kappa shape index (κ3) is 4.44. The molecule has 1 aromatic rings. The fourth-order valence-electron chi connectivity index (χ4n) is 2.27. The Morgan fingerprint density at radius 2 is 1.95 bits per heavy atom. The highest BCUT2D eigenvalue weighted by Crippen LogP contribution is 2.32. The molecule has 0 aliphatic heterocycles. The number of carbonyl (C=O) groups is 2. The minimum Gasteiger partial charge on any atom is -0.506 e. The third-order valence-electron chi connectivity index (χ3n) is 3.30. The predicted molar refractivity (Wildman–Crippen MR) is 84.2 cm³/mol. The number of halogens is 2. The van der Waals surface area contributed by atoms with E-state index in [-0.39, 0.29) is 29.9 Å². The molecule has 2 N–H and O–H groups in total. The van der Waals surface area contributed by atoms with Gasteiger partial charge in [-0.2, -0.15) is 0 Å². The van der Waals surface area contributed by atoms with Gasteiger partial charge in [-0.3, -0.25) is 4.79 Å². The van der Waals surface area contributed by atoms with Crippen molar-refractivity contribution in [2.45, 2.75) is 31.7 Å². The van der Waals surface area contributed by atoms with E-state index >= 15 is 0 Å². The molecule has 114 valence electrons. The van der Waals surface area contributed by atoms with Crippen LogP contribution in [0.15, 0.2) is 21.1 Å². The molecule has 0 atom stereocenters. The molecule has 0 spiro atoms. The standard InChI is InChI=1S/C14H15Br2NO4/c15-8-5-10(13(19)11(16)6-8)14(20)21-7-12(18)17-9-3-1-2-4-9/h5-6,9,19H,1-4,7H2,(H,17,18). The molecule has 5 nitrogen and oxygen atoms in total. The van der Waals surface area contributed by atoms with Gasteiger partial charge in [0, 0.05) is 10.5 Å². The number of ether oxygens (including phenoxy) is 1. The lowest BCUT2D eigenvalue weighted by Gasteiger charge is -2.12. The highest BCUT2D eigenvalue weighted by Gasteiger charge is 2.20. The van der Waals surface area contributed by atoms with Crippen LogP contribution in [0.4, 0.5) is 0 Å². The summed E-state index contributed by atoms with van der Waals surface area (Å²) >= 11 is 6.36. The summed E-state index contributed by atoms with van der Waals surface area (Å²) in [4.78, 5) is 23.6. The summed E-state index contributed by atoms with van der Waals surface area (Å²) in [6, 6.07) is 3.24. The van der Waals surface area contributed by atoms with E-state index in [2.05, 4.69) is 37.2 Å². The normalized spacial score (nSPS) is 15.0. The largest absolute Gasteiger partial charge is 0.506 e. The Balaban J connectivity index is 1.91. The van der Waals surface area contributed by atoms with Gasteiger partial charge < -0.3 is 15.2 Å². The van der Waals surface area contributed by atoms with Crippen LogP contribution in [0.5, 0.6) is 5.75 Å². The maximum Gasteiger partial charge on any atom is 0.342 e. The van der Waals surface area contributed by atoms with Crippen molar-refractivity contribution in [1.29, 1.82) is 0 Å². The molecule has 0 saturated heterocycles. The van der Waals surface area contributed by atoms with Crippen LogP contribution in [0.2, 0.25) is 0 Å². The summed E-state index contributed by atoms with van der Waals surface area (Å²) in [6.45, 7) is -0.348. The molecule has 1 aliphatic rings. The fourth-order valence-corrected chi connectivity index (χ4v) is 3.50. The molecule has 1 aliphatic carbocycles.